The maximum Gasteiger partial charge on any atom is 0.223 e. The van der Waals surface area contributed by atoms with E-state index in [1.54, 1.807) is 29.0 Å². The predicted octanol–water partition coefficient (Wildman–Crippen LogP) is 0.537. The van der Waals surface area contributed by atoms with E-state index < -0.39 is 0 Å². The molecule has 1 saturated heterocycles. The summed E-state index contributed by atoms with van der Waals surface area (Å²) in [6.07, 6.45) is 6.18. The molecule has 2 amide bonds. The fourth-order valence-corrected chi connectivity index (χ4v) is 2.77. The number of nitrogens with zero attached hydrogens (tertiary/aromatic N) is 5. The van der Waals surface area contributed by atoms with Crippen LogP contribution in [0.3, 0.4) is 0 Å². The van der Waals surface area contributed by atoms with Crippen molar-refractivity contribution in [2.45, 2.75) is 26.3 Å². The fourth-order valence-electron chi connectivity index (χ4n) is 2.77. The van der Waals surface area contributed by atoms with E-state index in [2.05, 4.69) is 20.4 Å². The number of piperidine rings is 1. The van der Waals surface area contributed by atoms with Crippen LogP contribution in [0.2, 0.25) is 0 Å². The number of aromatic nitrogens is 4. The van der Waals surface area contributed by atoms with Gasteiger partial charge >= 0.3 is 0 Å². The van der Waals surface area contributed by atoms with Gasteiger partial charge in [0, 0.05) is 38.7 Å². The molecule has 8 nitrogen and oxygen atoms in total. The first-order valence-electron chi connectivity index (χ1n) is 7.96. The van der Waals surface area contributed by atoms with Gasteiger partial charge in [0.1, 0.15) is 12.7 Å². The van der Waals surface area contributed by atoms with E-state index in [0.717, 1.165) is 18.4 Å². The van der Waals surface area contributed by atoms with Gasteiger partial charge in [-0.15, -0.1) is 0 Å². The molecule has 0 atom stereocenters. The second-order valence-corrected chi connectivity index (χ2v) is 5.86. The number of pyridine rings is 1. The topological polar surface area (TPSA) is 93.0 Å². The molecule has 2 aromatic heterocycles. The average molecular weight is 328 g/mol. The van der Waals surface area contributed by atoms with Crippen LogP contribution < -0.4 is 5.32 Å². The molecule has 126 valence electrons. The number of rotatable bonds is 4. The summed E-state index contributed by atoms with van der Waals surface area (Å²) in [5.41, 5.74) is 0.924. The third kappa shape index (κ3) is 3.76. The first kappa shape index (κ1) is 16.1. The lowest BCUT2D eigenvalue weighted by molar-refractivity contribution is -0.134. The highest BCUT2D eigenvalue weighted by Gasteiger charge is 2.25. The summed E-state index contributed by atoms with van der Waals surface area (Å²) in [6.45, 7) is 3.32. The lowest BCUT2D eigenvalue weighted by atomic mass is 9.96. The van der Waals surface area contributed by atoms with Crippen molar-refractivity contribution in [2.24, 2.45) is 5.92 Å². The summed E-state index contributed by atoms with van der Waals surface area (Å²) in [4.78, 5) is 33.5. The number of carbonyl (C=O) groups excluding carboxylic acids is 2. The Kier molecular flexibility index (Phi) is 4.83. The molecule has 0 spiro atoms. The molecule has 1 aliphatic heterocycles. The van der Waals surface area contributed by atoms with Crippen LogP contribution in [0, 0.1) is 5.92 Å². The van der Waals surface area contributed by atoms with Crippen LogP contribution in [-0.4, -0.2) is 49.6 Å². The normalized spacial score (nSPS) is 15.3. The number of amides is 2. The summed E-state index contributed by atoms with van der Waals surface area (Å²) < 4.78 is 1.57. The highest BCUT2D eigenvalue weighted by molar-refractivity contribution is 5.79. The molecule has 0 bridgehead atoms. The molecule has 0 aliphatic carbocycles. The molecule has 2 aromatic rings. The molecule has 0 aromatic carbocycles. The summed E-state index contributed by atoms with van der Waals surface area (Å²) in [5, 5.41) is 6.97. The van der Waals surface area contributed by atoms with Gasteiger partial charge in [-0.3, -0.25) is 9.59 Å². The maximum absolute atomic E-state index is 12.2. The van der Waals surface area contributed by atoms with E-state index >= 15 is 0 Å². The third-order valence-corrected chi connectivity index (χ3v) is 4.24. The molecular weight excluding hydrogens is 308 g/mol. The lowest BCUT2D eigenvalue weighted by Gasteiger charge is -2.30. The van der Waals surface area contributed by atoms with Crippen molar-refractivity contribution in [1.82, 2.24) is 30.0 Å². The Morgan fingerprint density at radius 2 is 2.08 bits per heavy atom. The highest BCUT2D eigenvalue weighted by Crippen LogP contribution is 2.17. The van der Waals surface area contributed by atoms with E-state index in [-0.39, 0.29) is 17.7 Å². The Morgan fingerprint density at radius 1 is 1.29 bits per heavy atom. The summed E-state index contributed by atoms with van der Waals surface area (Å²) in [6, 6.07) is 3.74. The van der Waals surface area contributed by atoms with Crippen LogP contribution >= 0.6 is 0 Å². The molecule has 3 heterocycles. The lowest BCUT2D eigenvalue weighted by Crippen LogP contribution is -2.42. The zero-order chi connectivity index (χ0) is 16.9. The van der Waals surface area contributed by atoms with Gasteiger partial charge in [0.25, 0.3) is 0 Å². The Hall–Kier alpha value is -2.77. The largest absolute Gasteiger partial charge is 0.352 e. The van der Waals surface area contributed by atoms with Crippen molar-refractivity contribution in [2.75, 3.05) is 13.1 Å². The third-order valence-electron chi connectivity index (χ3n) is 4.24. The van der Waals surface area contributed by atoms with Gasteiger partial charge in [-0.1, -0.05) is 6.07 Å². The van der Waals surface area contributed by atoms with Gasteiger partial charge in [0.05, 0.1) is 0 Å². The second-order valence-electron chi connectivity index (χ2n) is 5.86. The fraction of sp³-hybridized carbons (Fsp3) is 0.438. The molecule has 0 unspecified atom stereocenters. The first-order chi connectivity index (χ1) is 11.6. The van der Waals surface area contributed by atoms with Gasteiger partial charge in [-0.25, -0.2) is 14.6 Å². The van der Waals surface area contributed by atoms with Crippen molar-refractivity contribution in [1.29, 1.82) is 0 Å². The molecule has 1 aliphatic rings. The summed E-state index contributed by atoms with van der Waals surface area (Å²) in [7, 11) is 0. The Morgan fingerprint density at radius 3 is 2.67 bits per heavy atom. The quantitative estimate of drug-likeness (QED) is 0.884. The number of likely N-dealkylation sites (tertiary alicyclic amines) is 1. The van der Waals surface area contributed by atoms with Gasteiger partial charge in [-0.2, -0.15) is 5.10 Å². The summed E-state index contributed by atoms with van der Waals surface area (Å²) >= 11 is 0. The van der Waals surface area contributed by atoms with Crippen LogP contribution in [-0.2, 0) is 16.1 Å². The maximum atomic E-state index is 12.2. The van der Waals surface area contributed by atoms with E-state index in [1.165, 1.54) is 6.33 Å². The van der Waals surface area contributed by atoms with E-state index in [9.17, 15) is 9.59 Å². The average Bonchev–Trinajstić information content (AvgIpc) is 3.15. The minimum Gasteiger partial charge on any atom is -0.352 e. The van der Waals surface area contributed by atoms with Crippen LogP contribution in [0.4, 0.5) is 0 Å². The highest BCUT2D eigenvalue weighted by atomic mass is 16.2. The molecule has 0 radical (unpaired) electrons. The predicted molar refractivity (Wildman–Crippen MR) is 86.0 cm³/mol. The number of carbonyl (C=O) groups is 2. The van der Waals surface area contributed by atoms with Crippen LogP contribution in [0.25, 0.3) is 5.82 Å². The standard InChI is InChI=1S/C16H20N6O2/c1-12(23)21-6-4-14(5-7-21)16(24)19-9-13-2-3-15(18-8-13)22-11-17-10-20-22/h2-3,8,10-11,14H,4-7,9H2,1H3,(H,19,24). The van der Waals surface area contributed by atoms with Crippen molar-refractivity contribution < 1.29 is 9.59 Å². The smallest absolute Gasteiger partial charge is 0.223 e. The van der Waals surface area contributed by atoms with Gasteiger partial charge in [-0.05, 0) is 24.5 Å². The molecule has 8 heteroatoms. The molecule has 24 heavy (non-hydrogen) atoms. The Bertz CT molecular complexity index is 690. The number of nitrogens with one attached hydrogen (secondary N) is 1. The molecule has 1 N–H and O–H groups in total. The minimum atomic E-state index is -0.0250. The minimum absolute atomic E-state index is 0.0250. The summed E-state index contributed by atoms with van der Waals surface area (Å²) in [5.74, 6) is 0.771. The molecule has 0 saturated carbocycles. The molecular formula is C16H20N6O2. The van der Waals surface area contributed by atoms with Crippen LogP contribution in [0.1, 0.15) is 25.3 Å². The monoisotopic (exact) mass is 328 g/mol. The SMILES string of the molecule is CC(=O)N1CCC(C(=O)NCc2ccc(-n3cncn3)nc2)CC1. The molecule has 1 fully saturated rings. The molecule has 3 rings (SSSR count). The van der Waals surface area contributed by atoms with E-state index in [4.69, 9.17) is 0 Å². The van der Waals surface area contributed by atoms with E-state index in [1.807, 2.05) is 12.1 Å². The van der Waals surface area contributed by atoms with Crippen LogP contribution in [0.5, 0.6) is 0 Å². The van der Waals surface area contributed by atoms with Gasteiger partial charge < -0.3 is 10.2 Å². The van der Waals surface area contributed by atoms with Crippen molar-refractivity contribution in [3.05, 3.63) is 36.5 Å². The zero-order valence-electron chi connectivity index (χ0n) is 13.6. The number of hydrogen-bond acceptors (Lipinski definition) is 5. The Labute approximate surface area is 139 Å². The van der Waals surface area contributed by atoms with Crippen LogP contribution in [0.15, 0.2) is 31.0 Å². The van der Waals surface area contributed by atoms with Crippen molar-refractivity contribution >= 4 is 11.8 Å². The zero-order valence-corrected chi connectivity index (χ0v) is 13.6. The van der Waals surface area contributed by atoms with Gasteiger partial charge in [0.15, 0.2) is 5.82 Å². The second kappa shape index (κ2) is 7.20. The van der Waals surface area contributed by atoms with Crippen molar-refractivity contribution in [3.63, 3.8) is 0 Å². The van der Waals surface area contributed by atoms with Crippen molar-refractivity contribution in [3.8, 4) is 5.82 Å². The first-order valence-corrected chi connectivity index (χ1v) is 7.96. The van der Waals surface area contributed by atoms with E-state index in [0.29, 0.717) is 25.5 Å². The number of hydrogen-bond donors (Lipinski definition) is 1. The Balaban J connectivity index is 1.49. The van der Waals surface area contributed by atoms with Gasteiger partial charge in [0.2, 0.25) is 11.8 Å².